The number of unbranched alkanes of at least 4 members (excludes halogenated alkanes) is 2. The zero-order valence-corrected chi connectivity index (χ0v) is 11.3. The largest absolute Gasteiger partial charge is 0.355 e. The number of carbonyl (C=O) groups excluding carboxylic acids is 1. The molecule has 0 aromatic rings. The highest BCUT2D eigenvalue weighted by Crippen LogP contribution is 2.10. The van der Waals surface area contributed by atoms with E-state index in [9.17, 15) is 4.79 Å². The SMILES string of the molecule is N#CCC(=O)NCCCCCN1CCCCCC1. The van der Waals surface area contributed by atoms with E-state index >= 15 is 0 Å². The first-order valence-corrected chi connectivity index (χ1v) is 7.19. The van der Waals surface area contributed by atoms with Crippen LogP contribution in [0.5, 0.6) is 0 Å². The number of rotatable bonds is 7. The molecule has 0 aliphatic carbocycles. The van der Waals surface area contributed by atoms with Crippen LogP contribution in [0.2, 0.25) is 0 Å². The number of carbonyl (C=O) groups is 1. The van der Waals surface area contributed by atoms with Crippen LogP contribution >= 0.6 is 0 Å². The van der Waals surface area contributed by atoms with Crippen molar-refractivity contribution in [1.29, 1.82) is 5.26 Å². The van der Waals surface area contributed by atoms with Crippen molar-refractivity contribution in [2.24, 2.45) is 0 Å². The van der Waals surface area contributed by atoms with Gasteiger partial charge in [0.2, 0.25) is 5.91 Å². The second-order valence-electron chi connectivity index (χ2n) is 5.00. The Labute approximate surface area is 110 Å². The molecule has 0 spiro atoms. The monoisotopic (exact) mass is 251 g/mol. The first-order chi connectivity index (χ1) is 8.83. The Bertz CT molecular complexity index is 265. The molecule has 1 saturated heterocycles. The Morgan fingerprint density at radius 1 is 1.11 bits per heavy atom. The molecule has 102 valence electrons. The van der Waals surface area contributed by atoms with Crippen molar-refractivity contribution < 1.29 is 4.79 Å². The third-order valence-electron chi connectivity index (χ3n) is 3.41. The van der Waals surface area contributed by atoms with E-state index < -0.39 is 0 Å². The molecule has 0 aromatic carbocycles. The van der Waals surface area contributed by atoms with Crippen LogP contribution < -0.4 is 5.32 Å². The molecule has 0 atom stereocenters. The quantitative estimate of drug-likeness (QED) is 0.705. The summed E-state index contributed by atoms with van der Waals surface area (Å²) in [6.07, 6.45) is 8.85. The third-order valence-corrected chi connectivity index (χ3v) is 3.41. The number of hydrogen-bond acceptors (Lipinski definition) is 3. The van der Waals surface area contributed by atoms with Gasteiger partial charge in [0.05, 0.1) is 6.07 Å². The van der Waals surface area contributed by atoms with Gasteiger partial charge < -0.3 is 10.2 Å². The zero-order chi connectivity index (χ0) is 13.1. The third kappa shape index (κ3) is 7.29. The maximum absolute atomic E-state index is 11.0. The molecule has 0 aromatic heterocycles. The van der Waals surface area contributed by atoms with E-state index in [-0.39, 0.29) is 12.3 Å². The molecular weight excluding hydrogens is 226 g/mol. The first-order valence-electron chi connectivity index (χ1n) is 7.19. The van der Waals surface area contributed by atoms with E-state index in [0.717, 1.165) is 12.8 Å². The summed E-state index contributed by atoms with van der Waals surface area (Å²) < 4.78 is 0. The van der Waals surface area contributed by atoms with Crippen LogP contribution in [0.3, 0.4) is 0 Å². The van der Waals surface area contributed by atoms with Crippen molar-refractivity contribution in [3.8, 4) is 6.07 Å². The first kappa shape index (κ1) is 15.0. The van der Waals surface area contributed by atoms with Crippen LogP contribution in [0.25, 0.3) is 0 Å². The van der Waals surface area contributed by atoms with Crippen LogP contribution in [-0.2, 0) is 4.79 Å². The van der Waals surface area contributed by atoms with Crippen molar-refractivity contribution in [2.75, 3.05) is 26.2 Å². The lowest BCUT2D eigenvalue weighted by molar-refractivity contribution is -0.120. The minimum Gasteiger partial charge on any atom is -0.355 e. The second kappa shape index (κ2) is 9.90. The van der Waals surface area contributed by atoms with Crippen molar-refractivity contribution in [3.05, 3.63) is 0 Å². The van der Waals surface area contributed by atoms with E-state index in [0.29, 0.717) is 6.54 Å². The highest BCUT2D eigenvalue weighted by Gasteiger charge is 2.07. The van der Waals surface area contributed by atoms with Crippen molar-refractivity contribution >= 4 is 5.91 Å². The number of likely N-dealkylation sites (tertiary alicyclic amines) is 1. The maximum atomic E-state index is 11.0. The van der Waals surface area contributed by atoms with Crippen molar-refractivity contribution in [2.45, 2.75) is 51.4 Å². The fourth-order valence-electron chi connectivity index (χ4n) is 2.36. The molecule has 1 aliphatic heterocycles. The average Bonchev–Trinajstić information content (AvgIpc) is 2.62. The summed E-state index contributed by atoms with van der Waals surface area (Å²) >= 11 is 0. The Morgan fingerprint density at radius 2 is 1.83 bits per heavy atom. The van der Waals surface area contributed by atoms with Crippen molar-refractivity contribution in [3.63, 3.8) is 0 Å². The summed E-state index contributed by atoms with van der Waals surface area (Å²) in [5.74, 6) is -0.148. The molecule has 0 radical (unpaired) electrons. The Hall–Kier alpha value is -1.08. The predicted octanol–water partition coefficient (Wildman–Crippen LogP) is 2.06. The molecule has 0 unspecified atom stereocenters. The van der Waals surface area contributed by atoms with E-state index in [2.05, 4.69) is 10.2 Å². The standard InChI is InChI=1S/C14H25N3O/c15-9-8-14(18)16-10-4-3-7-13-17-11-5-1-2-6-12-17/h1-8,10-13H2,(H,16,18). The fourth-order valence-corrected chi connectivity index (χ4v) is 2.36. The Kier molecular flexibility index (Phi) is 8.24. The molecule has 1 heterocycles. The summed E-state index contributed by atoms with van der Waals surface area (Å²) in [4.78, 5) is 13.6. The van der Waals surface area contributed by atoms with E-state index in [4.69, 9.17) is 5.26 Å². The van der Waals surface area contributed by atoms with Gasteiger partial charge in [-0.1, -0.05) is 19.3 Å². The molecule has 0 saturated carbocycles. The van der Waals surface area contributed by atoms with Crippen LogP contribution in [0, 0.1) is 11.3 Å². The maximum Gasteiger partial charge on any atom is 0.234 e. The van der Waals surface area contributed by atoms with Crippen LogP contribution in [-0.4, -0.2) is 37.0 Å². The van der Waals surface area contributed by atoms with E-state index in [1.807, 2.05) is 6.07 Å². The molecule has 4 nitrogen and oxygen atoms in total. The molecule has 1 fully saturated rings. The number of nitriles is 1. The highest BCUT2D eigenvalue weighted by molar-refractivity contribution is 5.77. The minimum absolute atomic E-state index is 0.0201. The smallest absolute Gasteiger partial charge is 0.234 e. The molecule has 18 heavy (non-hydrogen) atoms. The number of nitrogens with one attached hydrogen (secondary N) is 1. The van der Waals surface area contributed by atoms with Crippen LogP contribution in [0.1, 0.15) is 51.4 Å². The fraction of sp³-hybridized carbons (Fsp3) is 0.857. The number of amides is 1. The normalized spacial score (nSPS) is 16.8. The summed E-state index contributed by atoms with van der Waals surface area (Å²) in [5, 5.41) is 11.1. The lowest BCUT2D eigenvalue weighted by Gasteiger charge is -2.19. The van der Waals surface area contributed by atoms with Gasteiger partial charge in [0.15, 0.2) is 0 Å². The molecule has 1 amide bonds. The van der Waals surface area contributed by atoms with Gasteiger partial charge in [0.1, 0.15) is 6.42 Å². The summed E-state index contributed by atoms with van der Waals surface area (Å²) in [6.45, 7) is 4.43. The molecule has 0 bridgehead atoms. The van der Waals surface area contributed by atoms with Gasteiger partial charge in [-0.05, 0) is 45.3 Å². The van der Waals surface area contributed by atoms with Gasteiger partial charge in [-0.3, -0.25) is 4.79 Å². The second-order valence-corrected chi connectivity index (χ2v) is 5.00. The summed E-state index contributed by atoms with van der Waals surface area (Å²) in [7, 11) is 0. The van der Waals surface area contributed by atoms with Crippen LogP contribution in [0.15, 0.2) is 0 Å². The zero-order valence-electron chi connectivity index (χ0n) is 11.3. The minimum atomic E-state index is -0.148. The lowest BCUT2D eigenvalue weighted by Crippen LogP contribution is -2.26. The predicted molar refractivity (Wildman–Crippen MR) is 72.0 cm³/mol. The van der Waals surface area contributed by atoms with Gasteiger partial charge >= 0.3 is 0 Å². The van der Waals surface area contributed by atoms with Gasteiger partial charge in [0.25, 0.3) is 0 Å². The topological polar surface area (TPSA) is 56.1 Å². The Balaban J connectivity index is 1.91. The average molecular weight is 251 g/mol. The van der Waals surface area contributed by atoms with E-state index in [1.165, 1.54) is 51.7 Å². The van der Waals surface area contributed by atoms with Gasteiger partial charge in [-0.25, -0.2) is 0 Å². The molecule has 1 N–H and O–H groups in total. The van der Waals surface area contributed by atoms with Gasteiger partial charge in [-0.15, -0.1) is 0 Å². The number of hydrogen-bond donors (Lipinski definition) is 1. The van der Waals surface area contributed by atoms with Gasteiger partial charge in [0, 0.05) is 6.54 Å². The molecule has 1 rings (SSSR count). The Morgan fingerprint density at radius 3 is 2.50 bits per heavy atom. The summed E-state index contributed by atoms with van der Waals surface area (Å²) in [6, 6.07) is 1.85. The van der Waals surface area contributed by atoms with Crippen LogP contribution in [0.4, 0.5) is 0 Å². The lowest BCUT2D eigenvalue weighted by atomic mass is 10.2. The van der Waals surface area contributed by atoms with Gasteiger partial charge in [-0.2, -0.15) is 5.26 Å². The highest BCUT2D eigenvalue weighted by atomic mass is 16.1. The van der Waals surface area contributed by atoms with Crippen molar-refractivity contribution in [1.82, 2.24) is 10.2 Å². The van der Waals surface area contributed by atoms with E-state index in [1.54, 1.807) is 0 Å². The summed E-state index contributed by atoms with van der Waals surface area (Å²) in [5.41, 5.74) is 0. The molecule has 1 aliphatic rings. The molecular formula is C14H25N3O. The number of nitrogens with zero attached hydrogens (tertiary/aromatic N) is 2. The molecule has 4 heteroatoms.